The van der Waals surface area contributed by atoms with Crippen molar-refractivity contribution in [1.82, 2.24) is 14.7 Å². The highest BCUT2D eigenvalue weighted by Gasteiger charge is 2.36. The fourth-order valence-electron chi connectivity index (χ4n) is 2.94. The van der Waals surface area contributed by atoms with Crippen LogP contribution in [0.15, 0.2) is 0 Å². The lowest BCUT2D eigenvalue weighted by Gasteiger charge is -2.39. The zero-order valence-electron chi connectivity index (χ0n) is 11.6. The van der Waals surface area contributed by atoms with Crippen molar-refractivity contribution < 1.29 is 4.79 Å². The second-order valence-corrected chi connectivity index (χ2v) is 5.04. The van der Waals surface area contributed by atoms with E-state index in [4.69, 9.17) is 5.73 Å². The van der Waals surface area contributed by atoms with E-state index in [-0.39, 0.29) is 18.0 Å². The van der Waals surface area contributed by atoms with E-state index in [2.05, 4.69) is 5.10 Å². The third-order valence-electron chi connectivity index (χ3n) is 3.95. The van der Waals surface area contributed by atoms with Crippen molar-refractivity contribution in [1.29, 1.82) is 0 Å². The summed E-state index contributed by atoms with van der Waals surface area (Å²) in [4.78, 5) is 13.9. The quantitative estimate of drug-likeness (QED) is 0.853. The predicted molar refractivity (Wildman–Crippen MR) is 70.0 cm³/mol. The van der Waals surface area contributed by atoms with Gasteiger partial charge in [-0.15, -0.1) is 0 Å². The minimum atomic E-state index is -0.0232. The number of piperidine rings is 1. The molecule has 1 amide bonds. The van der Waals surface area contributed by atoms with Gasteiger partial charge in [0.15, 0.2) is 0 Å². The first kappa shape index (κ1) is 13.1. The van der Waals surface area contributed by atoms with Crippen LogP contribution in [0.25, 0.3) is 0 Å². The van der Waals surface area contributed by atoms with Crippen LogP contribution in [0.1, 0.15) is 42.8 Å². The summed E-state index contributed by atoms with van der Waals surface area (Å²) in [6.45, 7) is 6.73. The number of rotatable bonds is 2. The first-order valence-electron chi connectivity index (χ1n) is 6.52. The zero-order chi connectivity index (χ0) is 13.4. The van der Waals surface area contributed by atoms with Crippen molar-refractivity contribution in [2.24, 2.45) is 12.8 Å². The Morgan fingerprint density at radius 3 is 2.61 bits per heavy atom. The summed E-state index contributed by atoms with van der Waals surface area (Å²) in [6, 6.07) is -0.0193. The molecule has 0 spiro atoms. The standard InChI is InChI=1S/C13H22N4O/c1-5-17-11(18)7-6-10(14)13(17)12-8(2)15-16(4)9(12)3/h10,13H,5-7,14H2,1-4H3. The third-order valence-corrected chi connectivity index (χ3v) is 3.95. The van der Waals surface area contributed by atoms with Gasteiger partial charge in [0.05, 0.1) is 11.7 Å². The second-order valence-electron chi connectivity index (χ2n) is 5.04. The van der Waals surface area contributed by atoms with Crippen LogP contribution in [-0.4, -0.2) is 33.2 Å². The Kier molecular flexibility index (Phi) is 3.43. The van der Waals surface area contributed by atoms with Gasteiger partial charge < -0.3 is 10.6 Å². The largest absolute Gasteiger partial charge is 0.334 e. The summed E-state index contributed by atoms with van der Waals surface area (Å²) in [6.07, 6.45) is 1.32. The minimum Gasteiger partial charge on any atom is -0.334 e. The first-order chi connectivity index (χ1) is 8.47. The van der Waals surface area contributed by atoms with Gasteiger partial charge >= 0.3 is 0 Å². The highest BCUT2D eigenvalue weighted by Crippen LogP contribution is 2.34. The predicted octanol–water partition coefficient (Wildman–Crippen LogP) is 1.05. The van der Waals surface area contributed by atoms with Crippen molar-refractivity contribution in [3.05, 3.63) is 17.0 Å². The van der Waals surface area contributed by atoms with E-state index in [0.29, 0.717) is 13.0 Å². The second kappa shape index (κ2) is 4.72. The molecule has 1 aromatic rings. The maximum atomic E-state index is 12.0. The number of carbonyl (C=O) groups is 1. The van der Waals surface area contributed by atoms with E-state index in [9.17, 15) is 4.79 Å². The molecule has 2 atom stereocenters. The summed E-state index contributed by atoms with van der Waals surface area (Å²) in [5, 5.41) is 4.44. The smallest absolute Gasteiger partial charge is 0.223 e. The molecule has 1 fully saturated rings. The van der Waals surface area contributed by atoms with Gasteiger partial charge in [0.1, 0.15) is 0 Å². The van der Waals surface area contributed by atoms with Gasteiger partial charge in [0.2, 0.25) is 5.91 Å². The lowest BCUT2D eigenvalue weighted by molar-refractivity contribution is -0.137. The first-order valence-corrected chi connectivity index (χ1v) is 6.52. The number of carbonyl (C=O) groups excluding carboxylic acids is 1. The van der Waals surface area contributed by atoms with Gasteiger partial charge in [-0.1, -0.05) is 0 Å². The van der Waals surface area contributed by atoms with E-state index in [1.54, 1.807) is 0 Å². The molecule has 5 heteroatoms. The van der Waals surface area contributed by atoms with Crippen LogP contribution in [0.3, 0.4) is 0 Å². The van der Waals surface area contributed by atoms with E-state index >= 15 is 0 Å². The number of hydrogen-bond donors (Lipinski definition) is 1. The highest BCUT2D eigenvalue weighted by atomic mass is 16.2. The van der Waals surface area contributed by atoms with Crippen LogP contribution in [0, 0.1) is 13.8 Å². The summed E-state index contributed by atoms with van der Waals surface area (Å²) in [7, 11) is 1.93. The molecule has 18 heavy (non-hydrogen) atoms. The molecule has 0 radical (unpaired) electrons. The fraction of sp³-hybridized carbons (Fsp3) is 0.692. The SMILES string of the molecule is CCN1C(=O)CCC(N)C1c1c(C)nn(C)c1C. The molecular weight excluding hydrogens is 228 g/mol. The average molecular weight is 250 g/mol. The van der Waals surface area contributed by atoms with Gasteiger partial charge in [-0.05, 0) is 27.2 Å². The highest BCUT2D eigenvalue weighted by molar-refractivity contribution is 5.78. The Balaban J connectivity index is 2.48. The average Bonchev–Trinajstić information content (AvgIpc) is 2.57. The zero-order valence-corrected chi connectivity index (χ0v) is 11.6. The monoisotopic (exact) mass is 250 g/mol. The Morgan fingerprint density at radius 2 is 2.11 bits per heavy atom. The number of nitrogens with zero attached hydrogens (tertiary/aromatic N) is 3. The van der Waals surface area contributed by atoms with Crippen LogP contribution in [0.2, 0.25) is 0 Å². The van der Waals surface area contributed by atoms with Gasteiger partial charge in [0, 0.05) is 37.3 Å². The number of amides is 1. The van der Waals surface area contributed by atoms with Gasteiger partial charge in [-0.3, -0.25) is 9.48 Å². The molecule has 2 rings (SSSR count). The number of aromatic nitrogens is 2. The molecule has 1 aliphatic rings. The molecule has 0 bridgehead atoms. The molecular formula is C13H22N4O. The van der Waals surface area contributed by atoms with Crippen molar-refractivity contribution in [2.75, 3.05) is 6.54 Å². The molecule has 0 saturated carbocycles. The number of nitrogens with two attached hydrogens (primary N) is 1. The molecule has 0 aromatic carbocycles. The van der Waals surface area contributed by atoms with Crippen LogP contribution >= 0.6 is 0 Å². The van der Waals surface area contributed by atoms with Gasteiger partial charge in [-0.25, -0.2) is 0 Å². The van der Waals surface area contributed by atoms with Crippen LogP contribution in [-0.2, 0) is 11.8 Å². The third kappa shape index (κ3) is 1.92. The summed E-state index contributed by atoms with van der Waals surface area (Å²) in [5.74, 6) is 0.201. The van der Waals surface area contributed by atoms with Gasteiger partial charge in [-0.2, -0.15) is 5.10 Å². The molecule has 100 valence electrons. The van der Waals surface area contributed by atoms with Crippen LogP contribution in [0.4, 0.5) is 0 Å². The number of likely N-dealkylation sites (N-methyl/N-ethyl adjacent to an activating group) is 1. The lowest BCUT2D eigenvalue weighted by Crippen LogP contribution is -2.49. The van der Waals surface area contributed by atoms with E-state index in [1.165, 1.54) is 0 Å². The summed E-state index contributed by atoms with van der Waals surface area (Å²) >= 11 is 0. The maximum Gasteiger partial charge on any atom is 0.223 e. The van der Waals surface area contributed by atoms with E-state index < -0.39 is 0 Å². The van der Waals surface area contributed by atoms with Crippen LogP contribution < -0.4 is 5.73 Å². The Hall–Kier alpha value is -1.36. The number of likely N-dealkylation sites (tertiary alicyclic amines) is 1. The molecule has 1 aromatic heterocycles. The summed E-state index contributed by atoms with van der Waals surface area (Å²) < 4.78 is 1.87. The summed E-state index contributed by atoms with van der Waals surface area (Å²) in [5.41, 5.74) is 9.45. The normalized spacial score (nSPS) is 24.7. The van der Waals surface area contributed by atoms with E-state index in [1.807, 2.05) is 37.4 Å². The van der Waals surface area contributed by atoms with Crippen molar-refractivity contribution in [2.45, 2.75) is 45.7 Å². The molecule has 1 aliphatic heterocycles. The van der Waals surface area contributed by atoms with Crippen LogP contribution in [0.5, 0.6) is 0 Å². The van der Waals surface area contributed by atoms with Crippen molar-refractivity contribution in [3.8, 4) is 0 Å². The Bertz CT molecular complexity index is 466. The number of hydrogen-bond acceptors (Lipinski definition) is 3. The lowest BCUT2D eigenvalue weighted by atomic mass is 9.89. The number of aryl methyl sites for hydroxylation is 2. The van der Waals surface area contributed by atoms with Gasteiger partial charge in [0.25, 0.3) is 0 Å². The molecule has 2 N–H and O–H groups in total. The Morgan fingerprint density at radius 1 is 1.44 bits per heavy atom. The topological polar surface area (TPSA) is 64.2 Å². The maximum absolute atomic E-state index is 12.0. The molecule has 1 saturated heterocycles. The van der Waals surface area contributed by atoms with E-state index in [0.717, 1.165) is 23.4 Å². The molecule has 2 heterocycles. The minimum absolute atomic E-state index is 0.00394. The molecule has 0 aliphatic carbocycles. The fourth-order valence-corrected chi connectivity index (χ4v) is 2.94. The molecule has 2 unspecified atom stereocenters. The Labute approximate surface area is 108 Å². The van der Waals surface area contributed by atoms with Crippen molar-refractivity contribution >= 4 is 5.91 Å². The molecule has 5 nitrogen and oxygen atoms in total. The van der Waals surface area contributed by atoms with Crippen molar-refractivity contribution in [3.63, 3.8) is 0 Å².